The van der Waals surface area contributed by atoms with Crippen molar-refractivity contribution in [2.45, 2.75) is 18.9 Å². The molecule has 0 saturated heterocycles. The lowest BCUT2D eigenvalue weighted by atomic mass is 9.89. The van der Waals surface area contributed by atoms with Gasteiger partial charge in [0.1, 0.15) is 5.75 Å². The fourth-order valence-corrected chi connectivity index (χ4v) is 2.67. The van der Waals surface area contributed by atoms with Crippen LogP contribution in [-0.2, 0) is 0 Å². The van der Waals surface area contributed by atoms with Gasteiger partial charge in [-0.05, 0) is 41.8 Å². The molecule has 2 rings (SSSR count). The fourth-order valence-electron chi connectivity index (χ4n) is 2.41. The molecule has 2 atom stereocenters. The monoisotopic (exact) mass is 349 g/mol. The second-order valence-corrected chi connectivity index (χ2v) is 5.98. The van der Waals surface area contributed by atoms with E-state index in [1.807, 2.05) is 49.4 Å². The van der Waals surface area contributed by atoms with E-state index in [0.717, 1.165) is 26.9 Å². The third-order valence-corrected chi connectivity index (χ3v) is 4.24. The van der Waals surface area contributed by atoms with Crippen LogP contribution in [0.4, 0.5) is 0 Å². The number of aliphatic hydroxyl groups is 1. The number of hydrogen-bond acceptors (Lipinski definition) is 3. The predicted molar refractivity (Wildman–Crippen MR) is 88.6 cm³/mol. The molecule has 2 aromatic carbocycles. The Balaban J connectivity index is 2.31. The molecular weight excluding hydrogens is 330 g/mol. The van der Waals surface area contributed by atoms with Gasteiger partial charge in [-0.25, -0.2) is 0 Å². The van der Waals surface area contributed by atoms with Crippen LogP contribution < -0.4 is 10.5 Å². The van der Waals surface area contributed by atoms with Crippen molar-refractivity contribution in [1.82, 2.24) is 0 Å². The number of rotatable bonds is 5. The molecule has 0 aliphatic rings. The van der Waals surface area contributed by atoms with Gasteiger partial charge >= 0.3 is 0 Å². The smallest absolute Gasteiger partial charge is 0.122 e. The lowest BCUT2D eigenvalue weighted by Crippen LogP contribution is -2.20. The molecule has 3 N–H and O–H groups in total. The van der Waals surface area contributed by atoms with Gasteiger partial charge < -0.3 is 15.6 Å². The number of hydrogen-bond donors (Lipinski definition) is 2. The van der Waals surface area contributed by atoms with Gasteiger partial charge in [0.25, 0.3) is 0 Å². The van der Waals surface area contributed by atoms with Crippen molar-refractivity contribution in [1.29, 1.82) is 0 Å². The molecule has 0 aliphatic carbocycles. The summed E-state index contributed by atoms with van der Waals surface area (Å²) in [7, 11) is 1.63. The summed E-state index contributed by atoms with van der Waals surface area (Å²) in [5.41, 5.74) is 8.76. The van der Waals surface area contributed by atoms with E-state index in [1.54, 1.807) is 7.11 Å². The Morgan fingerprint density at radius 1 is 1.14 bits per heavy atom. The summed E-state index contributed by atoms with van der Waals surface area (Å²) < 4.78 is 6.33. The van der Waals surface area contributed by atoms with Crippen LogP contribution >= 0.6 is 15.9 Å². The fraction of sp³-hybridized carbons (Fsp3) is 0.294. The quantitative estimate of drug-likeness (QED) is 0.867. The normalized spacial score (nSPS) is 13.8. The predicted octanol–water partition coefficient (Wildman–Crippen LogP) is 3.54. The van der Waals surface area contributed by atoms with Gasteiger partial charge in [-0.3, -0.25) is 0 Å². The summed E-state index contributed by atoms with van der Waals surface area (Å²) in [6.07, 6.45) is -0.661. The zero-order valence-electron chi connectivity index (χ0n) is 12.2. The highest BCUT2D eigenvalue weighted by atomic mass is 79.9. The van der Waals surface area contributed by atoms with Crippen LogP contribution in [0.3, 0.4) is 0 Å². The van der Waals surface area contributed by atoms with Crippen molar-refractivity contribution < 1.29 is 9.84 Å². The van der Waals surface area contributed by atoms with Gasteiger partial charge in [-0.1, -0.05) is 40.2 Å². The largest absolute Gasteiger partial charge is 0.496 e. The summed E-state index contributed by atoms with van der Waals surface area (Å²) in [5.74, 6) is 0.628. The zero-order chi connectivity index (χ0) is 15.4. The van der Waals surface area contributed by atoms with Gasteiger partial charge in [0, 0.05) is 16.9 Å². The number of benzene rings is 2. The highest BCUT2D eigenvalue weighted by Crippen LogP contribution is 2.33. The molecule has 2 unspecified atom stereocenters. The summed E-state index contributed by atoms with van der Waals surface area (Å²) in [4.78, 5) is 0. The molecule has 0 spiro atoms. The van der Waals surface area contributed by atoms with Crippen LogP contribution in [0.25, 0.3) is 0 Å². The number of ether oxygens (including phenoxy) is 1. The Bertz CT molecular complexity index is 598. The van der Waals surface area contributed by atoms with Gasteiger partial charge in [0.05, 0.1) is 13.2 Å². The second-order valence-electron chi connectivity index (χ2n) is 5.07. The first-order valence-corrected chi connectivity index (χ1v) is 7.64. The molecule has 112 valence electrons. The lowest BCUT2D eigenvalue weighted by Gasteiger charge is -2.23. The van der Waals surface area contributed by atoms with Crippen LogP contribution in [0.15, 0.2) is 46.9 Å². The maximum atomic E-state index is 10.7. The van der Waals surface area contributed by atoms with Crippen LogP contribution in [0.1, 0.15) is 28.7 Å². The van der Waals surface area contributed by atoms with Crippen molar-refractivity contribution in [2.24, 2.45) is 5.73 Å². The van der Waals surface area contributed by atoms with Crippen LogP contribution in [0.5, 0.6) is 5.75 Å². The molecule has 0 saturated carbocycles. The molecular formula is C17H20BrNO2. The van der Waals surface area contributed by atoms with Crippen molar-refractivity contribution >= 4 is 15.9 Å². The van der Waals surface area contributed by atoms with E-state index in [-0.39, 0.29) is 5.92 Å². The number of methoxy groups -OCH3 is 1. The maximum absolute atomic E-state index is 10.7. The van der Waals surface area contributed by atoms with Gasteiger partial charge in [-0.15, -0.1) is 0 Å². The average molecular weight is 350 g/mol. The minimum atomic E-state index is -0.661. The van der Waals surface area contributed by atoms with E-state index in [9.17, 15) is 5.11 Å². The third kappa shape index (κ3) is 3.64. The Labute approximate surface area is 133 Å². The SMILES string of the molecule is COc1cc(C(O)C(CN)c2ccc(Br)cc2)ccc1C. The van der Waals surface area contributed by atoms with Crippen molar-refractivity contribution in [2.75, 3.05) is 13.7 Å². The van der Waals surface area contributed by atoms with E-state index < -0.39 is 6.10 Å². The summed E-state index contributed by atoms with van der Waals surface area (Å²) in [6, 6.07) is 13.6. The molecule has 0 fully saturated rings. The number of aryl methyl sites for hydroxylation is 1. The Morgan fingerprint density at radius 2 is 1.76 bits per heavy atom. The zero-order valence-corrected chi connectivity index (χ0v) is 13.8. The van der Waals surface area contributed by atoms with Gasteiger partial charge in [0.15, 0.2) is 0 Å². The van der Waals surface area contributed by atoms with Gasteiger partial charge in [0.2, 0.25) is 0 Å². The van der Waals surface area contributed by atoms with Crippen LogP contribution in [-0.4, -0.2) is 18.8 Å². The topological polar surface area (TPSA) is 55.5 Å². The molecule has 2 aromatic rings. The van der Waals surface area contributed by atoms with Crippen molar-refractivity contribution in [3.63, 3.8) is 0 Å². The van der Waals surface area contributed by atoms with Gasteiger partial charge in [-0.2, -0.15) is 0 Å². The van der Waals surface area contributed by atoms with E-state index in [2.05, 4.69) is 15.9 Å². The molecule has 0 bridgehead atoms. The van der Waals surface area contributed by atoms with Crippen molar-refractivity contribution in [3.8, 4) is 5.75 Å². The molecule has 0 amide bonds. The first-order valence-electron chi connectivity index (χ1n) is 6.85. The van der Waals surface area contributed by atoms with E-state index >= 15 is 0 Å². The minimum absolute atomic E-state index is 0.148. The molecule has 21 heavy (non-hydrogen) atoms. The van der Waals surface area contributed by atoms with Crippen LogP contribution in [0.2, 0.25) is 0 Å². The van der Waals surface area contributed by atoms with Crippen LogP contribution in [0, 0.1) is 6.92 Å². The first-order chi connectivity index (χ1) is 10.1. The highest BCUT2D eigenvalue weighted by molar-refractivity contribution is 9.10. The maximum Gasteiger partial charge on any atom is 0.122 e. The van der Waals surface area contributed by atoms with Crippen molar-refractivity contribution in [3.05, 3.63) is 63.6 Å². The van der Waals surface area contributed by atoms with E-state index in [0.29, 0.717) is 6.54 Å². The molecule has 0 radical (unpaired) electrons. The average Bonchev–Trinajstić information content (AvgIpc) is 2.50. The number of aliphatic hydroxyl groups excluding tert-OH is 1. The third-order valence-electron chi connectivity index (χ3n) is 3.71. The standard InChI is InChI=1S/C17H20BrNO2/c1-11-3-4-13(9-16(11)21-2)17(20)15(10-19)12-5-7-14(18)8-6-12/h3-9,15,17,20H,10,19H2,1-2H3. The van der Waals surface area contributed by atoms with E-state index in [4.69, 9.17) is 10.5 Å². The minimum Gasteiger partial charge on any atom is -0.496 e. The summed E-state index contributed by atoms with van der Waals surface area (Å²) >= 11 is 3.41. The molecule has 0 aliphatic heterocycles. The second kappa shape index (κ2) is 7.07. The molecule has 3 nitrogen and oxygen atoms in total. The number of nitrogens with two attached hydrogens (primary N) is 1. The van der Waals surface area contributed by atoms with E-state index in [1.165, 1.54) is 0 Å². The lowest BCUT2D eigenvalue weighted by molar-refractivity contribution is 0.147. The Hall–Kier alpha value is -1.36. The Kier molecular flexibility index (Phi) is 5.39. The molecule has 4 heteroatoms. The highest BCUT2D eigenvalue weighted by Gasteiger charge is 2.22. The molecule has 0 heterocycles. The Morgan fingerprint density at radius 3 is 2.33 bits per heavy atom. The molecule has 0 aromatic heterocycles. The number of halogens is 1. The summed E-state index contributed by atoms with van der Waals surface area (Å²) in [6.45, 7) is 2.35. The summed E-state index contributed by atoms with van der Waals surface area (Å²) in [5, 5.41) is 10.7. The first kappa shape index (κ1) is 16.0.